The summed E-state index contributed by atoms with van der Waals surface area (Å²) in [6.45, 7) is 0. The molecule has 114 valence electrons. The van der Waals surface area contributed by atoms with Gasteiger partial charge < -0.3 is 5.11 Å². The minimum atomic E-state index is -1.07. The van der Waals surface area contributed by atoms with Crippen LogP contribution in [0.5, 0.6) is 0 Å². The van der Waals surface area contributed by atoms with E-state index in [1.54, 1.807) is 23.9 Å². The molecule has 0 heterocycles. The van der Waals surface area contributed by atoms with Gasteiger partial charge in [-0.3, -0.25) is 9.59 Å². The fraction of sp³-hybridized carbons (Fsp3) is 0.176. The number of carbonyl (C=O) groups excluding carboxylic acids is 1. The molecule has 22 heavy (non-hydrogen) atoms. The highest BCUT2D eigenvalue weighted by atomic mass is 32.2. The molecule has 0 aliphatic rings. The quantitative estimate of drug-likeness (QED) is 0.646. The standard InChI is InChI=1S/C17H15FO3S/c1-22-14-8-4-12(5-9-14)17(21)15(10-16(19)20)11-2-6-13(18)7-3-11/h2-9,15H,10H2,1H3,(H,19,20). The first-order valence-corrected chi connectivity index (χ1v) is 7.89. The maximum atomic E-state index is 13.0. The third-order valence-electron chi connectivity index (χ3n) is 3.34. The Bertz CT molecular complexity index is 665. The fourth-order valence-corrected chi connectivity index (χ4v) is 2.60. The summed E-state index contributed by atoms with van der Waals surface area (Å²) in [5.74, 6) is -2.59. The van der Waals surface area contributed by atoms with Crippen LogP contribution in [0.4, 0.5) is 4.39 Å². The van der Waals surface area contributed by atoms with Crippen molar-refractivity contribution >= 4 is 23.5 Å². The molecule has 0 bridgehead atoms. The minimum absolute atomic E-state index is 0.276. The monoisotopic (exact) mass is 318 g/mol. The largest absolute Gasteiger partial charge is 0.481 e. The Kier molecular flexibility index (Phi) is 5.33. The van der Waals surface area contributed by atoms with Crippen LogP contribution in [0.1, 0.15) is 28.3 Å². The number of halogens is 1. The molecule has 0 saturated heterocycles. The fourth-order valence-electron chi connectivity index (χ4n) is 2.19. The second-order valence-electron chi connectivity index (χ2n) is 4.79. The first-order valence-electron chi connectivity index (χ1n) is 6.67. The van der Waals surface area contributed by atoms with Gasteiger partial charge in [-0.15, -0.1) is 11.8 Å². The van der Waals surface area contributed by atoms with E-state index in [9.17, 15) is 14.0 Å². The Hall–Kier alpha value is -2.14. The van der Waals surface area contributed by atoms with Crippen molar-refractivity contribution in [3.8, 4) is 0 Å². The van der Waals surface area contributed by atoms with Crippen molar-refractivity contribution in [2.24, 2.45) is 0 Å². The van der Waals surface area contributed by atoms with Crippen LogP contribution in [0.25, 0.3) is 0 Å². The maximum absolute atomic E-state index is 13.0. The van der Waals surface area contributed by atoms with E-state index < -0.39 is 17.7 Å². The molecule has 2 aromatic rings. The smallest absolute Gasteiger partial charge is 0.304 e. The molecule has 3 nitrogen and oxygen atoms in total. The molecule has 2 aromatic carbocycles. The van der Waals surface area contributed by atoms with Gasteiger partial charge in [-0.1, -0.05) is 24.3 Å². The number of ketones is 1. The van der Waals surface area contributed by atoms with E-state index in [1.807, 2.05) is 18.4 Å². The van der Waals surface area contributed by atoms with E-state index in [-0.39, 0.29) is 12.2 Å². The lowest BCUT2D eigenvalue weighted by atomic mass is 9.88. The molecule has 1 unspecified atom stereocenters. The second kappa shape index (κ2) is 7.22. The molecule has 0 amide bonds. The lowest BCUT2D eigenvalue weighted by molar-refractivity contribution is -0.137. The predicted octanol–water partition coefficient (Wildman–Crippen LogP) is 3.99. The number of benzene rings is 2. The lowest BCUT2D eigenvalue weighted by Crippen LogP contribution is -2.17. The number of carboxylic acid groups (broad SMARTS) is 1. The first-order chi connectivity index (χ1) is 10.5. The van der Waals surface area contributed by atoms with Crippen molar-refractivity contribution in [1.29, 1.82) is 0 Å². The summed E-state index contributed by atoms with van der Waals surface area (Å²) in [5, 5.41) is 9.05. The average Bonchev–Trinajstić information content (AvgIpc) is 2.53. The van der Waals surface area contributed by atoms with Gasteiger partial charge in [0.25, 0.3) is 0 Å². The van der Waals surface area contributed by atoms with E-state index >= 15 is 0 Å². The van der Waals surface area contributed by atoms with Gasteiger partial charge >= 0.3 is 5.97 Å². The zero-order chi connectivity index (χ0) is 16.1. The van der Waals surface area contributed by atoms with Gasteiger partial charge in [-0.2, -0.15) is 0 Å². The summed E-state index contributed by atoms with van der Waals surface area (Å²) < 4.78 is 13.0. The van der Waals surface area contributed by atoms with Crippen LogP contribution in [-0.2, 0) is 4.79 Å². The molecule has 5 heteroatoms. The highest BCUT2D eigenvalue weighted by Gasteiger charge is 2.24. The number of carboxylic acids is 1. The van der Waals surface area contributed by atoms with Gasteiger partial charge in [0, 0.05) is 10.5 Å². The molecule has 0 aromatic heterocycles. The van der Waals surface area contributed by atoms with Gasteiger partial charge in [0.05, 0.1) is 12.3 Å². The molecular weight excluding hydrogens is 303 g/mol. The minimum Gasteiger partial charge on any atom is -0.481 e. The predicted molar refractivity (Wildman–Crippen MR) is 83.9 cm³/mol. The first kappa shape index (κ1) is 16.2. The molecule has 0 radical (unpaired) electrons. The molecule has 0 aliphatic carbocycles. The zero-order valence-electron chi connectivity index (χ0n) is 12.0. The number of Topliss-reactive ketones (excluding diaryl/α,β-unsaturated/α-hetero) is 1. The van der Waals surface area contributed by atoms with Crippen LogP contribution < -0.4 is 0 Å². The van der Waals surface area contributed by atoms with Crippen LogP contribution in [0.2, 0.25) is 0 Å². The van der Waals surface area contributed by atoms with E-state index in [0.29, 0.717) is 11.1 Å². The summed E-state index contributed by atoms with van der Waals surface area (Å²) in [4.78, 5) is 24.7. The van der Waals surface area contributed by atoms with Gasteiger partial charge in [-0.25, -0.2) is 4.39 Å². The maximum Gasteiger partial charge on any atom is 0.304 e. The molecule has 0 saturated carbocycles. The summed E-state index contributed by atoms with van der Waals surface area (Å²) >= 11 is 1.56. The number of rotatable bonds is 6. The lowest BCUT2D eigenvalue weighted by Gasteiger charge is -2.14. The van der Waals surface area contributed by atoms with E-state index in [4.69, 9.17) is 5.11 Å². The molecule has 0 spiro atoms. The Labute approximate surface area is 132 Å². The Balaban J connectivity index is 2.32. The van der Waals surface area contributed by atoms with Gasteiger partial charge in [0.1, 0.15) is 5.82 Å². The normalized spacial score (nSPS) is 11.9. The van der Waals surface area contributed by atoms with E-state index in [0.717, 1.165) is 4.90 Å². The average molecular weight is 318 g/mol. The van der Waals surface area contributed by atoms with Crippen LogP contribution >= 0.6 is 11.8 Å². The Morgan fingerprint density at radius 3 is 2.18 bits per heavy atom. The molecule has 1 atom stereocenters. The van der Waals surface area contributed by atoms with Crippen LogP contribution in [0.3, 0.4) is 0 Å². The highest BCUT2D eigenvalue weighted by Crippen LogP contribution is 2.26. The summed E-state index contributed by atoms with van der Waals surface area (Å²) in [6.07, 6.45) is 1.61. The summed E-state index contributed by atoms with van der Waals surface area (Å²) in [6, 6.07) is 12.4. The van der Waals surface area contributed by atoms with Gasteiger partial charge in [0.15, 0.2) is 5.78 Å². The van der Waals surface area contributed by atoms with E-state index in [1.165, 1.54) is 24.3 Å². The SMILES string of the molecule is CSc1ccc(C(=O)C(CC(=O)O)c2ccc(F)cc2)cc1. The summed E-state index contributed by atoms with van der Waals surface area (Å²) in [5.41, 5.74) is 0.955. The van der Waals surface area contributed by atoms with Crippen molar-refractivity contribution in [2.45, 2.75) is 17.2 Å². The van der Waals surface area contributed by atoms with E-state index in [2.05, 4.69) is 0 Å². The van der Waals surface area contributed by atoms with Crippen molar-refractivity contribution < 1.29 is 19.1 Å². The number of thioether (sulfide) groups is 1. The molecule has 0 aliphatic heterocycles. The Morgan fingerprint density at radius 2 is 1.68 bits per heavy atom. The number of hydrogen-bond acceptors (Lipinski definition) is 3. The zero-order valence-corrected chi connectivity index (χ0v) is 12.8. The van der Waals surface area contributed by atoms with Gasteiger partial charge in [-0.05, 0) is 36.1 Å². The number of carbonyl (C=O) groups is 2. The third-order valence-corrected chi connectivity index (χ3v) is 4.09. The van der Waals surface area contributed by atoms with Crippen LogP contribution in [0, 0.1) is 5.82 Å². The van der Waals surface area contributed by atoms with Crippen molar-refractivity contribution in [3.63, 3.8) is 0 Å². The molecule has 1 N–H and O–H groups in total. The van der Waals surface area contributed by atoms with Crippen molar-refractivity contribution in [1.82, 2.24) is 0 Å². The topological polar surface area (TPSA) is 54.4 Å². The van der Waals surface area contributed by atoms with Crippen LogP contribution in [0.15, 0.2) is 53.4 Å². The second-order valence-corrected chi connectivity index (χ2v) is 5.67. The highest BCUT2D eigenvalue weighted by molar-refractivity contribution is 7.98. The Morgan fingerprint density at radius 1 is 1.09 bits per heavy atom. The number of aliphatic carboxylic acids is 1. The van der Waals surface area contributed by atoms with Crippen molar-refractivity contribution in [3.05, 3.63) is 65.5 Å². The molecular formula is C17H15FO3S. The third kappa shape index (κ3) is 3.95. The number of hydrogen-bond donors (Lipinski definition) is 1. The summed E-state index contributed by atoms with van der Waals surface area (Å²) in [7, 11) is 0. The molecule has 2 rings (SSSR count). The van der Waals surface area contributed by atoms with Crippen molar-refractivity contribution in [2.75, 3.05) is 6.26 Å². The van der Waals surface area contributed by atoms with Gasteiger partial charge in [0.2, 0.25) is 0 Å². The molecule has 0 fully saturated rings. The van der Waals surface area contributed by atoms with Crippen LogP contribution in [-0.4, -0.2) is 23.1 Å².